The van der Waals surface area contributed by atoms with Crippen LogP contribution >= 0.6 is 11.6 Å². The largest absolute Gasteiger partial charge is 0.224 e. The number of halogens is 1. The number of hydrogen-bond donors (Lipinski definition) is 0. The molecule has 0 bridgehead atoms. The molecule has 0 N–H and O–H groups in total. The van der Waals surface area contributed by atoms with Gasteiger partial charge in [-0.2, -0.15) is 0 Å². The van der Waals surface area contributed by atoms with Crippen molar-refractivity contribution < 1.29 is 8.42 Å². The summed E-state index contributed by atoms with van der Waals surface area (Å²) in [6, 6.07) is 6.81. The molecule has 0 saturated heterocycles. The minimum Gasteiger partial charge on any atom is -0.224 e. The maximum atomic E-state index is 11.9. The zero-order valence-electron chi connectivity index (χ0n) is 9.12. The summed E-state index contributed by atoms with van der Waals surface area (Å²) in [6.07, 6.45) is 0. The van der Waals surface area contributed by atoms with Gasteiger partial charge in [0.2, 0.25) is 0 Å². The van der Waals surface area contributed by atoms with Crippen molar-refractivity contribution in [1.29, 1.82) is 0 Å². The Balaban J connectivity index is 3.02. The molecule has 1 aromatic rings. The Morgan fingerprint density at radius 3 is 2.07 bits per heavy atom. The van der Waals surface area contributed by atoms with E-state index in [2.05, 4.69) is 0 Å². The number of aryl methyl sites for hydroxylation is 1. The second-order valence-electron chi connectivity index (χ2n) is 4.29. The van der Waals surface area contributed by atoms with Crippen LogP contribution in [0.3, 0.4) is 0 Å². The fourth-order valence-electron chi connectivity index (χ4n) is 1.28. The molecule has 15 heavy (non-hydrogen) atoms. The third-order valence-electron chi connectivity index (χ3n) is 1.91. The van der Waals surface area contributed by atoms with E-state index in [0.717, 1.165) is 5.56 Å². The third-order valence-corrected chi connectivity index (χ3v) is 4.30. The van der Waals surface area contributed by atoms with Crippen LogP contribution in [-0.2, 0) is 9.84 Å². The molecule has 0 radical (unpaired) electrons. The molecule has 0 saturated carbocycles. The van der Waals surface area contributed by atoms with Crippen molar-refractivity contribution >= 4 is 21.4 Å². The molecule has 0 amide bonds. The van der Waals surface area contributed by atoms with Crippen LogP contribution in [-0.4, -0.2) is 19.0 Å². The summed E-state index contributed by atoms with van der Waals surface area (Å²) in [4.78, 5) is -0.397. The van der Waals surface area contributed by atoms with Crippen LogP contribution in [0.5, 0.6) is 0 Å². The Bertz CT molecular complexity index is 427. The van der Waals surface area contributed by atoms with Gasteiger partial charge in [0.25, 0.3) is 0 Å². The Morgan fingerprint density at radius 2 is 1.67 bits per heavy atom. The summed E-state index contributed by atoms with van der Waals surface area (Å²) < 4.78 is 23.7. The van der Waals surface area contributed by atoms with Gasteiger partial charge in [0.05, 0.1) is 15.5 Å². The lowest BCUT2D eigenvalue weighted by atomic mass is 10.2. The van der Waals surface area contributed by atoms with Gasteiger partial charge >= 0.3 is 0 Å². The lowest BCUT2D eigenvalue weighted by molar-refractivity contribution is 0.587. The molecule has 84 valence electrons. The molecule has 0 aliphatic rings. The Morgan fingerprint density at radius 1 is 1.20 bits per heavy atom. The summed E-state index contributed by atoms with van der Waals surface area (Å²) in [5, 5.41) is 0. The number of benzene rings is 1. The molecule has 0 heterocycles. The second-order valence-corrected chi connectivity index (χ2v) is 7.30. The molecule has 0 aliphatic heterocycles. The van der Waals surface area contributed by atoms with Gasteiger partial charge in [-0.3, -0.25) is 0 Å². The second kappa shape index (κ2) is 4.14. The quantitative estimate of drug-likeness (QED) is 0.769. The minimum atomic E-state index is -3.27. The average Bonchev–Trinajstić information content (AvgIpc) is 2.00. The normalized spacial score (nSPS) is 12.8. The standard InChI is InChI=1S/C11H15ClO2S/c1-9-4-6-10(7-5-9)15(13,14)8-11(2,3)12/h4-7H,8H2,1-3H3. The number of sulfone groups is 1. The van der Waals surface area contributed by atoms with Gasteiger partial charge in [-0.1, -0.05) is 17.7 Å². The fourth-order valence-corrected chi connectivity index (χ4v) is 3.33. The van der Waals surface area contributed by atoms with E-state index in [0.29, 0.717) is 4.90 Å². The Labute approximate surface area is 96.2 Å². The number of hydrogen-bond acceptors (Lipinski definition) is 2. The smallest absolute Gasteiger partial charge is 0.180 e. The van der Waals surface area contributed by atoms with Gasteiger partial charge in [0.1, 0.15) is 0 Å². The van der Waals surface area contributed by atoms with E-state index in [4.69, 9.17) is 11.6 Å². The average molecular weight is 247 g/mol. The van der Waals surface area contributed by atoms with E-state index < -0.39 is 14.7 Å². The number of rotatable bonds is 3. The van der Waals surface area contributed by atoms with E-state index in [1.165, 1.54) is 0 Å². The van der Waals surface area contributed by atoms with Crippen LogP contribution in [0.15, 0.2) is 29.2 Å². The highest BCUT2D eigenvalue weighted by Gasteiger charge is 2.25. The van der Waals surface area contributed by atoms with Crippen molar-refractivity contribution in [1.82, 2.24) is 0 Å². The van der Waals surface area contributed by atoms with Gasteiger partial charge in [-0.25, -0.2) is 8.42 Å². The van der Waals surface area contributed by atoms with Crippen LogP contribution in [0.4, 0.5) is 0 Å². The van der Waals surface area contributed by atoms with Crippen LogP contribution in [0.1, 0.15) is 19.4 Å². The minimum absolute atomic E-state index is 0.0510. The molecule has 0 atom stereocenters. The lowest BCUT2D eigenvalue weighted by Gasteiger charge is -2.15. The van der Waals surface area contributed by atoms with Crippen molar-refractivity contribution in [3.05, 3.63) is 29.8 Å². The SMILES string of the molecule is Cc1ccc(S(=O)(=O)CC(C)(C)Cl)cc1. The molecule has 0 aliphatic carbocycles. The monoisotopic (exact) mass is 246 g/mol. The van der Waals surface area contributed by atoms with Crippen molar-refractivity contribution in [2.75, 3.05) is 5.75 Å². The van der Waals surface area contributed by atoms with Crippen molar-refractivity contribution in [2.24, 2.45) is 0 Å². The fraction of sp³-hybridized carbons (Fsp3) is 0.455. The van der Waals surface area contributed by atoms with E-state index >= 15 is 0 Å². The van der Waals surface area contributed by atoms with Gasteiger partial charge < -0.3 is 0 Å². The molecule has 0 unspecified atom stereocenters. The predicted molar refractivity (Wildman–Crippen MR) is 63.2 cm³/mol. The summed E-state index contributed by atoms with van der Waals surface area (Å²) in [7, 11) is -3.27. The summed E-state index contributed by atoms with van der Waals surface area (Å²) >= 11 is 5.92. The van der Waals surface area contributed by atoms with Crippen LogP contribution < -0.4 is 0 Å². The van der Waals surface area contributed by atoms with Crippen LogP contribution in [0, 0.1) is 6.92 Å². The first-order valence-electron chi connectivity index (χ1n) is 4.69. The first-order chi connectivity index (χ1) is 6.71. The molecular formula is C11H15ClO2S. The van der Waals surface area contributed by atoms with E-state index in [-0.39, 0.29) is 5.75 Å². The summed E-state index contributed by atoms with van der Waals surface area (Å²) in [5.41, 5.74) is 1.04. The maximum absolute atomic E-state index is 11.9. The van der Waals surface area contributed by atoms with Gasteiger partial charge in [-0.05, 0) is 32.9 Å². The number of alkyl halides is 1. The molecular weight excluding hydrogens is 232 g/mol. The van der Waals surface area contributed by atoms with Crippen LogP contribution in [0.25, 0.3) is 0 Å². The van der Waals surface area contributed by atoms with E-state index in [1.54, 1.807) is 38.1 Å². The summed E-state index contributed by atoms with van der Waals surface area (Å²) in [5.74, 6) is -0.0510. The maximum Gasteiger partial charge on any atom is 0.180 e. The summed E-state index contributed by atoms with van der Waals surface area (Å²) in [6.45, 7) is 5.31. The molecule has 4 heteroatoms. The van der Waals surface area contributed by atoms with E-state index in [1.807, 2.05) is 6.92 Å². The highest BCUT2D eigenvalue weighted by Crippen LogP contribution is 2.21. The zero-order chi connectivity index (χ0) is 11.7. The first kappa shape index (κ1) is 12.5. The third kappa shape index (κ3) is 3.84. The van der Waals surface area contributed by atoms with Gasteiger partial charge in [0, 0.05) is 0 Å². The Hall–Kier alpha value is -0.540. The highest BCUT2D eigenvalue weighted by molar-refractivity contribution is 7.91. The molecule has 0 aromatic heterocycles. The van der Waals surface area contributed by atoms with Gasteiger partial charge in [-0.15, -0.1) is 11.6 Å². The van der Waals surface area contributed by atoms with Crippen molar-refractivity contribution in [3.8, 4) is 0 Å². The molecule has 2 nitrogen and oxygen atoms in total. The van der Waals surface area contributed by atoms with E-state index in [9.17, 15) is 8.42 Å². The molecule has 0 fully saturated rings. The molecule has 1 rings (SSSR count). The topological polar surface area (TPSA) is 34.1 Å². The van der Waals surface area contributed by atoms with Crippen LogP contribution in [0.2, 0.25) is 0 Å². The van der Waals surface area contributed by atoms with Gasteiger partial charge in [0.15, 0.2) is 9.84 Å². The van der Waals surface area contributed by atoms with Crippen molar-refractivity contribution in [3.63, 3.8) is 0 Å². The molecule has 0 spiro atoms. The molecule has 1 aromatic carbocycles. The first-order valence-corrected chi connectivity index (χ1v) is 6.72. The zero-order valence-corrected chi connectivity index (χ0v) is 10.7. The Kier molecular flexibility index (Phi) is 3.46. The lowest BCUT2D eigenvalue weighted by Crippen LogP contribution is -2.24. The predicted octanol–water partition coefficient (Wildman–Crippen LogP) is 2.79. The van der Waals surface area contributed by atoms with Crippen molar-refractivity contribution in [2.45, 2.75) is 30.5 Å². The highest BCUT2D eigenvalue weighted by atomic mass is 35.5.